The Balaban J connectivity index is 1.76. The third kappa shape index (κ3) is 2.60. The average Bonchev–Trinajstić information content (AvgIpc) is 2.94. The Morgan fingerprint density at radius 1 is 1.40 bits per heavy atom. The van der Waals surface area contributed by atoms with Crippen LogP contribution < -0.4 is 5.32 Å². The van der Waals surface area contributed by atoms with E-state index in [9.17, 15) is 4.39 Å². The molecule has 0 saturated heterocycles. The molecule has 2 aromatic rings. The van der Waals surface area contributed by atoms with Gasteiger partial charge in [0, 0.05) is 17.5 Å². The van der Waals surface area contributed by atoms with Gasteiger partial charge in [-0.3, -0.25) is 0 Å². The number of nitriles is 1. The number of hydrogen-bond donors (Lipinski definition) is 1. The molecule has 0 spiro atoms. The van der Waals surface area contributed by atoms with Gasteiger partial charge in [-0.05, 0) is 60.0 Å². The van der Waals surface area contributed by atoms with Gasteiger partial charge < -0.3 is 5.32 Å². The summed E-state index contributed by atoms with van der Waals surface area (Å²) in [5.41, 5.74) is 2.64. The van der Waals surface area contributed by atoms with Crippen LogP contribution in [-0.4, -0.2) is 0 Å². The smallest absolute Gasteiger partial charge is 0.123 e. The number of thiophene rings is 1. The van der Waals surface area contributed by atoms with Crippen molar-refractivity contribution in [3.05, 3.63) is 57.0 Å². The molecule has 20 heavy (non-hydrogen) atoms. The third-order valence-electron chi connectivity index (χ3n) is 3.78. The average molecular weight is 286 g/mol. The molecule has 1 atom stereocenters. The van der Waals surface area contributed by atoms with Crippen LogP contribution in [0.2, 0.25) is 0 Å². The van der Waals surface area contributed by atoms with Gasteiger partial charge in [0.1, 0.15) is 5.82 Å². The van der Waals surface area contributed by atoms with Crippen molar-refractivity contribution in [2.75, 3.05) is 0 Å². The van der Waals surface area contributed by atoms with Crippen molar-refractivity contribution in [2.24, 2.45) is 0 Å². The Morgan fingerprint density at radius 2 is 2.30 bits per heavy atom. The minimum Gasteiger partial charge on any atom is -0.306 e. The van der Waals surface area contributed by atoms with E-state index in [-0.39, 0.29) is 5.82 Å². The first kappa shape index (κ1) is 13.3. The lowest BCUT2D eigenvalue weighted by Gasteiger charge is -2.24. The van der Waals surface area contributed by atoms with Crippen molar-refractivity contribution in [3.63, 3.8) is 0 Å². The third-order valence-corrected chi connectivity index (χ3v) is 4.78. The van der Waals surface area contributed by atoms with Gasteiger partial charge in [0.25, 0.3) is 0 Å². The zero-order chi connectivity index (χ0) is 13.9. The van der Waals surface area contributed by atoms with Crippen molar-refractivity contribution in [2.45, 2.75) is 31.8 Å². The molecule has 1 aromatic carbocycles. The molecule has 0 radical (unpaired) electrons. The fourth-order valence-corrected chi connectivity index (χ4v) is 3.74. The normalized spacial score (nSPS) is 17.5. The van der Waals surface area contributed by atoms with Crippen molar-refractivity contribution in [3.8, 4) is 6.07 Å². The number of benzene rings is 1. The van der Waals surface area contributed by atoms with Gasteiger partial charge in [0.2, 0.25) is 0 Å². The Kier molecular flexibility index (Phi) is 3.81. The zero-order valence-electron chi connectivity index (χ0n) is 11.0. The maximum Gasteiger partial charge on any atom is 0.123 e. The van der Waals surface area contributed by atoms with E-state index in [0.717, 1.165) is 18.4 Å². The first-order valence-corrected chi connectivity index (χ1v) is 7.64. The summed E-state index contributed by atoms with van der Waals surface area (Å²) in [5.74, 6) is -0.291. The lowest BCUT2D eigenvalue weighted by atomic mass is 9.93. The standard InChI is InChI=1S/C16H15FN2S/c17-13-5-4-11(9-18)12(8-13)10-19-15-2-1-3-16-14(15)6-7-20-16/h4-8,15,19H,1-3,10H2. The van der Waals surface area contributed by atoms with E-state index in [1.807, 2.05) is 11.3 Å². The predicted octanol–water partition coefficient (Wildman–Crippen LogP) is 3.93. The summed E-state index contributed by atoms with van der Waals surface area (Å²) in [5, 5.41) is 14.7. The number of rotatable bonds is 3. The summed E-state index contributed by atoms with van der Waals surface area (Å²) in [7, 11) is 0. The second-order valence-electron chi connectivity index (χ2n) is 5.04. The molecule has 0 saturated carbocycles. The van der Waals surface area contributed by atoms with Crippen LogP contribution in [0.4, 0.5) is 4.39 Å². The van der Waals surface area contributed by atoms with Gasteiger partial charge in [-0.2, -0.15) is 5.26 Å². The number of nitrogens with zero attached hydrogens (tertiary/aromatic N) is 1. The number of halogens is 1. The fraction of sp³-hybridized carbons (Fsp3) is 0.312. The highest BCUT2D eigenvalue weighted by molar-refractivity contribution is 7.10. The maximum atomic E-state index is 13.3. The van der Waals surface area contributed by atoms with Crippen LogP contribution in [-0.2, 0) is 13.0 Å². The van der Waals surface area contributed by atoms with E-state index < -0.39 is 0 Å². The lowest BCUT2D eigenvalue weighted by molar-refractivity contribution is 0.462. The molecular weight excluding hydrogens is 271 g/mol. The van der Waals surface area contributed by atoms with E-state index in [2.05, 4.69) is 22.8 Å². The molecule has 2 nitrogen and oxygen atoms in total. The zero-order valence-corrected chi connectivity index (χ0v) is 11.8. The number of nitrogens with one attached hydrogen (secondary N) is 1. The summed E-state index contributed by atoms with van der Waals surface area (Å²) >= 11 is 1.81. The molecule has 3 rings (SSSR count). The Bertz CT molecular complexity index is 657. The van der Waals surface area contributed by atoms with Crippen LogP contribution in [0.15, 0.2) is 29.6 Å². The monoisotopic (exact) mass is 286 g/mol. The quantitative estimate of drug-likeness (QED) is 0.928. The fourth-order valence-electron chi connectivity index (χ4n) is 2.75. The SMILES string of the molecule is N#Cc1ccc(F)cc1CNC1CCCc2sccc21. The molecule has 1 aliphatic rings. The first-order valence-electron chi connectivity index (χ1n) is 6.76. The van der Waals surface area contributed by atoms with Crippen LogP contribution in [0.1, 0.15) is 40.5 Å². The molecule has 4 heteroatoms. The van der Waals surface area contributed by atoms with Crippen molar-refractivity contribution < 1.29 is 4.39 Å². The highest BCUT2D eigenvalue weighted by Gasteiger charge is 2.20. The number of aryl methyl sites for hydroxylation is 1. The van der Waals surface area contributed by atoms with Gasteiger partial charge in [0.05, 0.1) is 11.6 Å². The summed E-state index contributed by atoms with van der Waals surface area (Å²) in [6.07, 6.45) is 3.44. The summed E-state index contributed by atoms with van der Waals surface area (Å²) < 4.78 is 13.3. The molecule has 0 aliphatic heterocycles. The molecular formula is C16H15FN2S. The van der Waals surface area contributed by atoms with E-state index >= 15 is 0 Å². The van der Waals surface area contributed by atoms with Crippen LogP contribution in [0, 0.1) is 17.1 Å². The Labute approximate surface area is 121 Å². The molecule has 1 N–H and O–H groups in total. The van der Waals surface area contributed by atoms with Gasteiger partial charge in [-0.25, -0.2) is 4.39 Å². The molecule has 1 heterocycles. The van der Waals surface area contributed by atoms with Gasteiger partial charge in [-0.1, -0.05) is 0 Å². The molecule has 1 unspecified atom stereocenters. The number of hydrogen-bond acceptors (Lipinski definition) is 3. The summed E-state index contributed by atoms with van der Waals surface area (Å²) in [4.78, 5) is 1.45. The molecule has 0 amide bonds. The van der Waals surface area contributed by atoms with E-state index in [4.69, 9.17) is 5.26 Å². The largest absolute Gasteiger partial charge is 0.306 e. The predicted molar refractivity (Wildman–Crippen MR) is 78.0 cm³/mol. The van der Waals surface area contributed by atoms with Crippen molar-refractivity contribution >= 4 is 11.3 Å². The molecule has 0 bridgehead atoms. The van der Waals surface area contributed by atoms with E-state index in [0.29, 0.717) is 18.2 Å². The van der Waals surface area contributed by atoms with Gasteiger partial charge >= 0.3 is 0 Å². The minimum atomic E-state index is -0.291. The maximum absolute atomic E-state index is 13.3. The molecule has 1 aliphatic carbocycles. The molecule has 0 fully saturated rings. The molecule has 1 aromatic heterocycles. The number of fused-ring (bicyclic) bond motifs is 1. The van der Waals surface area contributed by atoms with E-state index in [1.165, 1.54) is 29.0 Å². The van der Waals surface area contributed by atoms with E-state index in [1.54, 1.807) is 6.07 Å². The van der Waals surface area contributed by atoms with Crippen LogP contribution in [0.3, 0.4) is 0 Å². The minimum absolute atomic E-state index is 0.291. The van der Waals surface area contributed by atoms with Gasteiger partial charge in [0.15, 0.2) is 0 Å². The summed E-state index contributed by atoms with van der Waals surface area (Å²) in [6, 6.07) is 8.94. The topological polar surface area (TPSA) is 35.8 Å². The second kappa shape index (κ2) is 5.74. The Hall–Kier alpha value is -1.70. The van der Waals surface area contributed by atoms with Crippen molar-refractivity contribution in [1.29, 1.82) is 5.26 Å². The van der Waals surface area contributed by atoms with Crippen LogP contribution >= 0.6 is 11.3 Å². The van der Waals surface area contributed by atoms with Crippen LogP contribution in [0.5, 0.6) is 0 Å². The second-order valence-corrected chi connectivity index (χ2v) is 6.04. The summed E-state index contributed by atoms with van der Waals surface area (Å²) in [6.45, 7) is 0.528. The first-order chi connectivity index (χ1) is 9.78. The molecule has 102 valence electrons. The highest BCUT2D eigenvalue weighted by Crippen LogP contribution is 2.33. The van der Waals surface area contributed by atoms with Crippen molar-refractivity contribution in [1.82, 2.24) is 5.32 Å². The van der Waals surface area contributed by atoms with Crippen LogP contribution in [0.25, 0.3) is 0 Å². The highest BCUT2D eigenvalue weighted by atomic mass is 32.1. The Morgan fingerprint density at radius 3 is 3.15 bits per heavy atom. The lowest BCUT2D eigenvalue weighted by Crippen LogP contribution is -2.24. The van der Waals surface area contributed by atoms with Gasteiger partial charge in [-0.15, -0.1) is 11.3 Å².